The summed E-state index contributed by atoms with van der Waals surface area (Å²) in [7, 11) is 0. The molecule has 2 amide bonds. The van der Waals surface area contributed by atoms with Crippen LogP contribution in [0.15, 0.2) is 48.5 Å². The number of ether oxygens (including phenoxy) is 1. The highest BCUT2D eigenvalue weighted by Crippen LogP contribution is 2.44. The Balaban J connectivity index is 1.59. The van der Waals surface area contributed by atoms with Crippen molar-refractivity contribution in [2.45, 2.75) is 43.7 Å². The molecular formula is C23H22F4N2O5. The second-order valence-corrected chi connectivity index (χ2v) is 7.70. The molecule has 2 aromatic rings. The zero-order valence-corrected chi connectivity index (χ0v) is 17.7. The van der Waals surface area contributed by atoms with Crippen LogP contribution >= 0.6 is 0 Å². The number of hydrogen-bond acceptors (Lipinski definition) is 4. The maximum Gasteiger partial charge on any atom is 0.407 e. The van der Waals surface area contributed by atoms with Crippen LogP contribution in [0.3, 0.4) is 0 Å². The van der Waals surface area contributed by atoms with Gasteiger partial charge in [-0.15, -0.1) is 0 Å². The van der Waals surface area contributed by atoms with Gasteiger partial charge in [-0.3, -0.25) is 4.79 Å². The number of aliphatic carboxylic acids is 1. The van der Waals surface area contributed by atoms with Gasteiger partial charge in [-0.05, 0) is 22.3 Å². The summed E-state index contributed by atoms with van der Waals surface area (Å²) in [4.78, 5) is 35.1. The highest BCUT2D eigenvalue weighted by Gasteiger charge is 2.32. The molecule has 182 valence electrons. The first kappa shape index (κ1) is 25.0. The minimum atomic E-state index is -3.19. The maximum absolute atomic E-state index is 13.4. The molecule has 1 aliphatic rings. The third-order valence-electron chi connectivity index (χ3n) is 5.40. The monoisotopic (exact) mass is 482 g/mol. The molecule has 3 rings (SSSR count). The molecule has 0 spiro atoms. The smallest absolute Gasteiger partial charge is 0.407 e. The van der Waals surface area contributed by atoms with Gasteiger partial charge in [-0.1, -0.05) is 48.5 Å². The van der Waals surface area contributed by atoms with Gasteiger partial charge in [0.1, 0.15) is 18.7 Å². The normalized spacial score (nSPS) is 14.3. The molecule has 7 nitrogen and oxygen atoms in total. The highest BCUT2D eigenvalue weighted by molar-refractivity contribution is 5.84. The van der Waals surface area contributed by atoms with Crippen LogP contribution in [0.4, 0.5) is 22.4 Å². The van der Waals surface area contributed by atoms with E-state index in [0.29, 0.717) is 0 Å². The molecular weight excluding hydrogens is 460 g/mol. The molecule has 0 saturated carbocycles. The zero-order chi connectivity index (χ0) is 24.8. The van der Waals surface area contributed by atoms with Gasteiger partial charge in [0, 0.05) is 12.3 Å². The molecule has 11 heteroatoms. The standard InChI is InChI=1S/C23H22F4N2O5/c24-19(25)9-18(22(31)32)28-20(30)10-17(21(26)27)29-23(33)34-11-16-14-7-3-1-5-12(14)13-6-2-4-8-15(13)16/h1-8,16-19,21H,9-11H2,(H,28,30)(H,29,33)(H,31,32). The third-order valence-corrected chi connectivity index (χ3v) is 5.40. The Morgan fingerprint density at radius 1 is 0.912 bits per heavy atom. The lowest BCUT2D eigenvalue weighted by Crippen LogP contribution is -2.47. The SMILES string of the molecule is O=C(CC(NC(=O)OCC1c2ccccc2-c2ccccc21)C(F)F)NC(CC(F)F)C(=O)O. The molecule has 0 aliphatic heterocycles. The van der Waals surface area contributed by atoms with E-state index in [0.717, 1.165) is 22.3 Å². The summed E-state index contributed by atoms with van der Waals surface area (Å²) in [5.41, 5.74) is 3.79. The molecule has 0 saturated heterocycles. The molecule has 0 radical (unpaired) electrons. The number of benzene rings is 2. The first-order valence-electron chi connectivity index (χ1n) is 10.4. The maximum atomic E-state index is 13.4. The van der Waals surface area contributed by atoms with Crippen molar-refractivity contribution in [1.82, 2.24) is 10.6 Å². The van der Waals surface area contributed by atoms with Gasteiger partial charge >= 0.3 is 12.1 Å². The number of fused-ring (bicyclic) bond motifs is 3. The van der Waals surface area contributed by atoms with Crippen molar-refractivity contribution in [3.05, 3.63) is 59.7 Å². The van der Waals surface area contributed by atoms with E-state index >= 15 is 0 Å². The van der Waals surface area contributed by atoms with Gasteiger partial charge in [0.05, 0.1) is 6.42 Å². The number of amides is 2. The summed E-state index contributed by atoms with van der Waals surface area (Å²) < 4.78 is 56.8. The van der Waals surface area contributed by atoms with Crippen LogP contribution in [0.5, 0.6) is 0 Å². The molecule has 3 N–H and O–H groups in total. The predicted molar refractivity (Wildman–Crippen MR) is 113 cm³/mol. The second-order valence-electron chi connectivity index (χ2n) is 7.70. The predicted octanol–water partition coefficient (Wildman–Crippen LogP) is 3.77. The Morgan fingerprint density at radius 2 is 1.47 bits per heavy atom. The van der Waals surface area contributed by atoms with E-state index in [1.807, 2.05) is 53.8 Å². The number of alkyl carbamates (subject to hydrolysis) is 1. The van der Waals surface area contributed by atoms with Crippen LogP contribution in [0.25, 0.3) is 11.1 Å². The molecule has 34 heavy (non-hydrogen) atoms. The van der Waals surface area contributed by atoms with Crippen LogP contribution in [0, 0.1) is 0 Å². The van der Waals surface area contributed by atoms with Gasteiger partial charge in [-0.2, -0.15) is 0 Å². The lowest BCUT2D eigenvalue weighted by Gasteiger charge is -2.20. The van der Waals surface area contributed by atoms with Gasteiger partial charge in [0.25, 0.3) is 6.43 Å². The largest absolute Gasteiger partial charge is 0.480 e. The number of rotatable bonds is 10. The van der Waals surface area contributed by atoms with Crippen LogP contribution < -0.4 is 10.6 Å². The van der Waals surface area contributed by atoms with E-state index in [9.17, 15) is 31.9 Å². The van der Waals surface area contributed by atoms with Crippen molar-refractivity contribution in [2.24, 2.45) is 0 Å². The third kappa shape index (κ3) is 6.03. The molecule has 2 atom stereocenters. The number of hydrogen-bond donors (Lipinski definition) is 3. The van der Waals surface area contributed by atoms with Crippen molar-refractivity contribution in [3.8, 4) is 11.1 Å². The zero-order valence-electron chi connectivity index (χ0n) is 17.7. The van der Waals surface area contributed by atoms with E-state index in [2.05, 4.69) is 0 Å². The average molecular weight is 482 g/mol. The van der Waals surface area contributed by atoms with Crippen LogP contribution in [-0.4, -0.2) is 54.6 Å². The van der Waals surface area contributed by atoms with Crippen LogP contribution in [0.2, 0.25) is 0 Å². The molecule has 2 aromatic carbocycles. The van der Waals surface area contributed by atoms with Crippen LogP contribution in [-0.2, 0) is 14.3 Å². The van der Waals surface area contributed by atoms with Crippen molar-refractivity contribution in [3.63, 3.8) is 0 Å². The molecule has 0 bridgehead atoms. The Labute approximate surface area is 192 Å². The van der Waals surface area contributed by atoms with Crippen molar-refractivity contribution >= 4 is 18.0 Å². The van der Waals surface area contributed by atoms with E-state index in [4.69, 9.17) is 9.84 Å². The topological polar surface area (TPSA) is 105 Å². The number of alkyl halides is 4. The first-order valence-corrected chi connectivity index (χ1v) is 10.4. The Morgan fingerprint density at radius 3 is 1.97 bits per heavy atom. The van der Waals surface area contributed by atoms with Crippen molar-refractivity contribution in [2.75, 3.05) is 6.61 Å². The fourth-order valence-electron chi connectivity index (χ4n) is 3.85. The number of nitrogens with one attached hydrogen (secondary N) is 2. The second kappa shape index (κ2) is 11.0. The van der Waals surface area contributed by atoms with Gasteiger partial charge < -0.3 is 20.5 Å². The van der Waals surface area contributed by atoms with E-state index in [1.165, 1.54) is 0 Å². The number of carbonyl (C=O) groups is 3. The Kier molecular flexibility index (Phi) is 8.08. The summed E-state index contributed by atoms with van der Waals surface area (Å²) in [6.07, 6.45) is -9.60. The number of carboxylic acid groups (broad SMARTS) is 1. The number of carboxylic acids is 1. The van der Waals surface area contributed by atoms with Gasteiger partial charge in [0.2, 0.25) is 12.3 Å². The first-order chi connectivity index (χ1) is 16.2. The fourth-order valence-corrected chi connectivity index (χ4v) is 3.85. The minimum Gasteiger partial charge on any atom is -0.480 e. The highest BCUT2D eigenvalue weighted by atomic mass is 19.3. The Hall–Kier alpha value is -3.63. The summed E-state index contributed by atoms with van der Waals surface area (Å²) >= 11 is 0. The summed E-state index contributed by atoms with van der Waals surface area (Å²) in [5, 5.41) is 12.5. The van der Waals surface area contributed by atoms with Gasteiger partial charge in [-0.25, -0.2) is 27.2 Å². The minimum absolute atomic E-state index is 0.141. The lowest BCUT2D eigenvalue weighted by molar-refractivity contribution is -0.143. The van der Waals surface area contributed by atoms with Crippen LogP contribution in [0.1, 0.15) is 29.9 Å². The molecule has 0 heterocycles. The van der Waals surface area contributed by atoms with E-state index in [1.54, 1.807) is 5.32 Å². The number of halogens is 4. The summed E-state index contributed by atoms with van der Waals surface area (Å²) in [5.74, 6) is -3.26. The quantitative estimate of drug-likeness (QED) is 0.447. The number of carbonyl (C=O) groups excluding carboxylic acids is 2. The average Bonchev–Trinajstić information content (AvgIpc) is 3.10. The van der Waals surface area contributed by atoms with Crippen molar-refractivity contribution < 1.29 is 41.8 Å². The van der Waals surface area contributed by atoms with Gasteiger partial charge in [0.15, 0.2) is 0 Å². The van der Waals surface area contributed by atoms with Crippen molar-refractivity contribution in [1.29, 1.82) is 0 Å². The summed E-state index contributed by atoms with van der Waals surface area (Å²) in [6, 6.07) is 11.1. The summed E-state index contributed by atoms with van der Waals surface area (Å²) in [6.45, 7) is -0.141. The molecule has 0 aromatic heterocycles. The molecule has 2 unspecified atom stereocenters. The fraction of sp³-hybridized carbons (Fsp3) is 0.348. The van der Waals surface area contributed by atoms with E-state index < -0.39 is 55.7 Å². The molecule has 0 fully saturated rings. The molecule has 1 aliphatic carbocycles. The Bertz CT molecular complexity index is 1000. The lowest BCUT2D eigenvalue weighted by atomic mass is 9.98. The van der Waals surface area contributed by atoms with E-state index in [-0.39, 0.29) is 12.5 Å².